The number of nitrogens with zero attached hydrogens (tertiary/aromatic N) is 3. The van der Waals surface area contributed by atoms with Crippen LogP contribution in [0.3, 0.4) is 0 Å². The quantitative estimate of drug-likeness (QED) is 0.235. The molecule has 0 atom stereocenters. The van der Waals surface area contributed by atoms with Gasteiger partial charge < -0.3 is 0 Å². The van der Waals surface area contributed by atoms with Crippen molar-refractivity contribution in [2.45, 2.75) is 0 Å². The Kier molecular flexibility index (Phi) is 6.40. The van der Waals surface area contributed by atoms with Crippen LogP contribution in [0.1, 0.15) is 5.56 Å². The molecule has 1 heterocycles. The van der Waals surface area contributed by atoms with Gasteiger partial charge in [-0.3, -0.25) is 0 Å². The van der Waals surface area contributed by atoms with Gasteiger partial charge in [0.25, 0.3) is 0 Å². The summed E-state index contributed by atoms with van der Waals surface area (Å²) >= 11 is 0. The molecule has 0 amide bonds. The Balaban J connectivity index is 1.38. The highest BCUT2D eigenvalue weighted by Crippen LogP contribution is 2.29. The van der Waals surface area contributed by atoms with Crippen LogP contribution in [0.2, 0.25) is 0 Å². The first-order valence-electron chi connectivity index (χ1n) is 12.6. The number of hydrogen-bond acceptors (Lipinski definition) is 3. The Hall–Kier alpha value is -5.15. The Morgan fingerprint density at radius 3 is 1.26 bits per heavy atom. The van der Waals surface area contributed by atoms with Crippen LogP contribution in [0.5, 0.6) is 0 Å². The van der Waals surface area contributed by atoms with E-state index in [1.54, 1.807) is 0 Å². The highest BCUT2D eigenvalue weighted by molar-refractivity contribution is 5.75. The van der Waals surface area contributed by atoms with Crippen molar-refractivity contribution in [3.8, 4) is 56.4 Å². The molecule has 5 aromatic carbocycles. The summed E-state index contributed by atoms with van der Waals surface area (Å²) in [7, 11) is 0. The lowest BCUT2D eigenvalue weighted by Crippen LogP contribution is -2.00. The number of benzene rings is 5. The number of aromatic nitrogens is 3. The molecule has 6 rings (SSSR count). The average molecular weight is 488 g/mol. The van der Waals surface area contributed by atoms with Gasteiger partial charge in [-0.05, 0) is 33.9 Å². The molecule has 0 saturated heterocycles. The minimum absolute atomic E-state index is 0.651. The lowest BCUT2D eigenvalue weighted by atomic mass is 9.98. The molecule has 3 nitrogen and oxygen atoms in total. The average Bonchev–Trinajstić information content (AvgIpc) is 3.02. The van der Waals surface area contributed by atoms with Gasteiger partial charge in [0.2, 0.25) is 0 Å². The zero-order chi connectivity index (χ0) is 25.7. The molecule has 0 fully saturated rings. The molecular formula is C35H25N3. The van der Waals surface area contributed by atoms with E-state index in [0.717, 1.165) is 33.4 Å². The number of hydrogen-bond donors (Lipinski definition) is 0. The van der Waals surface area contributed by atoms with Crippen molar-refractivity contribution in [1.82, 2.24) is 15.0 Å². The fraction of sp³-hybridized carbons (Fsp3) is 0. The first-order valence-corrected chi connectivity index (χ1v) is 12.6. The van der Waals surface area contributed by atoms with E-state index in [-0.39, 0.29) is 0 Å². The molecule has 0 N–H and O–H groups in total. The van der Waals surface area contributed by atoms with Crippen molar-refractivity contribution in [1.29, 1.82) is 0 Å². The maximum atomic E-state index is 4.87. The van der Waals surface area contributed by atoms with Crippen molar-refractivity contribution < 1.29 is 0 Å². The molecule has 38 heavy (non-hydrogen) atoms. The normalized spacial score (nSPS) is 10.7. The zero-order valence-electron chi connectivity index (χ0n) is 20.8. The van der Waals surface area contributed by atoms with E-state index < -0.39 is 0 Å². The van der Waals surface area contributed by atoms with Gasteiger partial charge in [-0.25, -0.2) is 15.0 Å². The summed E-state index contributed by atoms with van der Waals surface area (Å²) in [5.74, 6) is 1.97. The predicted octanol–water partition coefficient (Wildman–Crippen LogP) is 8.85. The van der Waals surface area contributed by atoms with Crippen molar-refractivity contribution in [2.24, 2.45) is 0 Å². The third-order valence-corrected chi connectivity index (χ3v) is 6.52. The number of rotatable bonds is 6. The first kappa shape index (κ1) is 23.3. The standard InChI is InChI=1S/C35H25N3/c1-2-25-16-18-26(19-17-25)27-20-22-28(23-21-27)31-14-9-15-32(24-31)35-37-33(29-10-5-3-6-11-29)36-34(38-35)30-12-7-4-8-13-30/h2-24H,1H2. The molecule has 3 heteroatoms. The lowest BCUT2D eigenvalue weighted by molar-refractivity contribution is 1.07. The molecule has 0 aliphatic heterocycles. The van der Waals surface area contributed by atoms with Crippen LogP contribution >= 0.6 is 0 Å². The highest BCUT2D eigenvalue weighted by Gasteiger charge is 2.12. The lowest BCUT2D eigenvalue weighted by Gasteiger charge is -2.10. The topological polar surface area (TPSA) is 38.7 Å². The van der Waals surface area contributed by atoms with Gasteiger partial charge in [-0.1, -0.05) is 140 Å². The summed E-state index contributed by atoms with van der Waals surface area (Å²) in [6, 6.07) is 45.5. The molecule has 0 saturated carbocycles. The predicted molar refractivity (Wildman–Crippen MR) is 157 cm³/mol. The summed E-state index contributed by atoms with van der Waals surface area (Å²) in [5.41, 5.74) is 8.59. The van der Waals surface area contributed by atoms with E-state index in [4.69, 9.17) is 15.0 Å². The molecule has 0 aliphatic rings. The van der Waals surface area contributed by atoms with Gasteiger partial charge >= 0.3 is 0 Å². The Bertz CT molecular complexity index is 1630. The Labute approximate surface area is 222 Å². The second-order valence-electron chi connectivity index (χ2n) is 9.02. The third-order valence-electron chi connectivity index (χ3n) is 6.52. The Morgan fingerprint density at radius 2 is 0.763 bits per heavy atom. The maximum Gasteiger partial charge on any atom is 0.164 e. The summed E-state index contributed by atoms with van der Waals surface area (Å²) in [6.07, 6.45) is 1.86. The molecule has 0 radical (unpaired) electrons. The van der Waals surface area contributed by atoms with E-state index in [2.05, 4.69) is 79.4 Å². The van der Waals surface area contributed by atoms with Crippen molar-refractivity contribution in [3.63, 3.8) is 0 Å². The second kappa shape index (κ2) is 10.5. The van der Waals surface area contributed by atoms with Crippen molar-refractivity contribution >= 4 is 6.08 Å². The molecule has 6 aromatic rings. The van der Waals surface area contributed by atoms with E-state index in [9.17, 15) is 0 Å². The van der Waals surface area contributed by atoms with Crippen LogP contribution < -0.4 is 0 Å². The SMILES string of the molecule is C=Cc1ccc(-c2ccc(-c3cccc(-c4nc(-c5ccccc5)nc(-c5ccccc5)n4)c3)cc2)cc1. The summed E-state index contributed by atoms with van der Waals surface area (Å²) in [4.78, 5) is 14.5. The van der Waals surface area contributed by atoms with Crippen molar-refractivity contribution in [3.05, 3.63) is 146 Å². The maximum absolute atomic E-state index is 4.87. The first-order chi connectivity index (χ1) is 18.8. The molecule has 0 spiro atoms. The van der Waals surface area contributed by atoms with Gasteiger partial charge in [0.05, 0.1) is 0 Å². The minimum Gasteiger partial charge on any atom is -0.208 e. The molecule has 0 aliphatic carbocycles. The van der Waals surface area contributed by atoms with Gasteiger partial charge in [0.1, 0.15) is 0 Å². The monoisotopic (exact) mass is 487 g/mol. The molecule has 1 aromatic heterocycles. The molecule has 0 bridgehead atoms. The second-order valence-corrected chi connectivity index (χ2v) is 9.02. The fourth-order valence-electron chi connectivity index (χ4n) is 4.44. The van der Waals surface area contributed by atoms with E-state index in [0.29, 0.717) is 17.5 Å². The third kappa shape index (κ3) is 4.91. The van der Waals surface area contributed by atoms with E-state index in [1.807, 2.05) is 66.7 Å². The summed E-state index contributed by atoms with van der Waals surface area (Å²) < 4.78 is 0. The highest BCUT2D eigenvalue weighted by atomic mass is 15.0. The van der Waals surface area contributed by atoms with Gasteiger partial charge in [0.15, 0.2) is 17.5 Å². The summed E-state index contributed by atoms with van der Waals surface area (Å²) in [6.45, 7) is 3.84. The molecular weight excluding hydrogens is 462 g/mol. The molecule has 0 unspecified atom stereocenters. The fourth-order valence-corrected chi connectivity index (χ4v) is 4.44. The Morgan fingerprint density at radius 1 is 0.368 bits per heavy atom. The zero-order valence-corrected chi connectivity index (χ0v) is 20.8. The van der Waals surface area contributed by atoms with Crippen LogP contribution in [0.25, 0.3) is 62.5 Å². The van der Waals surface area contributed by atoms with Gasteiger partial charge in [0, 0.05) is 16.7 Å². The molecule has 180 valence electrons. The van der Waals surface area contributed by atoms with Crippen molar-refractivity contribution in [2.75, 3.05) is 0 Å². The van der Waals surface area contributed by atoms with Crippen LogP contribution in [0.4, 0.5) is 0 Å². The van der Waals surface area contributed by atoms with Crippen LogP contribution in [-0.4, -0.2) is 15.0 Å². The van der Waals surface area contributed by atoms with Gasteiger partial charge in [-0.2, -0.15) is 0 Å². The minimum atomic E-state index is 0.651. The summed E-state index contributed by atoms with van der Waals surface area (Å²) in [5, 5.41) is 0. The smallest absolute Gasteiger partial charge is 0.164 e. The van der Waals surface area contributed by atoms with Crippen LogP contribution in [0, 0.1) is 0 Å². The van der Waals surface area contributed by atoms with E-state index >= 15 is 0 Å². The van der Waals surface area contributed by atoms with E-state index in [1.165, 1.54) is 11.1 Å². The van der Waals surface area contributed by atoms with Gasteiger partial charge in [-0.15, -0.1) is 0 Å². The van der Waals surface area contributed by atoms with Crippen LogP contribution in [-0.2, 0) is 0 Å². The largest absolute Gasteiger partial charge is 0.208 e. The van der Waals surface area contributed by atoms with Crippen LogP contribution in [0.15, 0.2) is 140 Å².